The van der Waals surface area contributed by atoms with E-state index >= 15 is 0 Å². The predicted molar refractivity (Wildman–Crippen MR) is 79.4 cm³/mol. The van der Waals surface area contributed by atoms with Crippen LogP contribution in [-0.2, 0) is 4.74 Å². The maximum atomic E-state index is 6.05. The van der Waals surface area contributed by atoms with Gasteiger partial charge < -0.3 is 9.64 Å². The van der Waals surface area contributed by atoms with E-state index in [1.807, 2.05) is 0 Å². The quantitative estimate of drug-likeness (QED) is 0.757. The van der Waals surface area contributed by atoms with Gasteiger partial charge in [0, 0.05) is 18.0 Å². The first-order chi connectivity index (χ1) is 8.94. The summed E-state index contributed by atoms with van der Waals surface area (Å²) in [5, 5.41) is 1.40. The van der Waals surface area contributed by atoms with Gasteiger partial charge >= 0.3 is 0 Å². The summed E-state index contributed by atoms with van der Waals surface area (Å²) in [6, 6.07) is 2.13. The number of anilines is 1. The number of halogens is 1. The van der Waals surface area contributed by atoms with Crippen LogP contribution in [0.3, 0.4) is 0 Å². The highest BCUT2D eigenvalue weighted by Crippen LogP contribution is 2.33. The van der Waals surface area contributed by atoms with Gasteiger partial charge in [-0.3, -0.25) is 0 Å². The van der Waals surface area contributed by atoms with Gasteiger partial charge in [0.25, 0.3) is 0 Å². The SMILES string of the molecule is Cc1cc2c(N3CCOC(C)(C)C3)nc(Cl)nc2s1. The zero-order chi connectivity index (χ0) is 13.6. The number of ether oxygens (including phenoxy) is 1. The Kier molecular flexibility index (Phi) is 3.15. The van der Waals surface area contributed by atoms with Gasteiger partial charge in [0.05, 0.1) is 17.6 Å². The normalized spacial score (nSPS) is 19.1. The minimum Gasteiger partial charge on any atom is -0.372 e. The third kappa shape index (κ3) is 2.55. The lowest BCUT2D eigenvalue weighted by Gasteiger charge is -2.39. The van der Waals surface area contributed by atoms with E-state index in [-0.39, 0.29) is 5.60 Å². The Morgan fingerprint density at radius 3 is 2.95 bits per heavy atom. The fourth-order valence-corrected chi connectivity index (χ4v) is 3.53. The number of nitrogens with zero attached hydrogens (tertiary/aromatic N) is 3. The fraction of sp³-hybridized carbons (Fsp3) is 0.538. The number of morpholine rings is 1. The molecule has 0 atom stereocenters. The molecule has 1 fully saturated rings. The van der Waals surface area contributed by atoms with Crippen molar-refractivity contribution in [2.45, 2.75) is 26.4 Å². The number of hydrogen-bond donors (Lipinski definition) is 0. The minimum absolute atomic E-state index is 0.160. The second kappa shape index (κ2) is 4.58. The van der Waals surface area contributed by atoms with E-state index in [2.05, 4.69) is 41.7 Å². The topological polar surface area (TPSA) is 38.2 Å². The molecule has 0 saturated carbocycles. The number of hydrogen-bond acceptors (Lipinski definition) is 5. The van der Waals surface area contributed by atoms with E-state index in [0.717, 1.165) is 29.1 Å². The molecule has 0 N–H and O–H groups in total. The average molecular weight is 298 g/mol. The third-order valence-electron chi connectivity index (χ3n) is 3.19. The van der Waals surface area contributed by atoms with E-state index in [1.54, 1.807) is 11.3 Å². The highest BCUT2D eigenvalue weighted by Gasteiger charge is 2.29. The molecule has 102 valence electrons. The van der Waals surface area contributed by atoms with Crippen LogP contribution in [-0.4, -0.2) is 35.3 Å². The number of fused-ring (bicyclic) bond motifs is 1. The molecular formula is C13H16ClN3OS. The summed E-state index contributed by atoms with van der Waals surface area (Å²) < 4.78 is 5.75. The van der Waals surface area contributed by atoms with Gasteiger partial charge in [-0.1, -0.05) is 0 Å². The Labute approximate surface area is 121 Å². The van der Waals surface area contributed by atoms with Crippen LogP contribution in [0.5, 0.6) is 0 Å². The molecule has 1 aliphatic rings. The molecule has 0 radical (unpaired) electrons. The van der Waals surface area contributed by atoms with Gasteiger partial charge in [0.2, 0.25) is 5.28 Å². The number of aromatic nitrogens is 2. The lowest BCUT2D eigenvalue weighted by Crippen LogP contribution is -2.48. The van der Waals surface area contributed by atoms with Gasteiger partial charge in [-0.15, -0.1) is 11.3 Å². The van der Waals surface area contributed by atoms with Crippen molar-refractivity contribution in [1.29, 1.82) is 0 Å². The fourth-order valence-electron chi connectivity index (χ4n) is 2.44. The second-order valence-electron chi connectivity index (χ2n) is 5.42. The third-order valence-corrected chi connectivity index (χ3v) is 4.31. The van der Waals surface area contributed by atoms with Crippen LogP contribution in [0.15, 0.2) is 6.07 Å². The molecule has 19 heavy (non-hydrogen) atoms. The molecular weight excluding hydrogens is 282 g/mol. The molecule has 0 unspecified atom stereocenters. The largest absolute Gasteiger partial charge is 0.372 e. The molecule has 2 aromatic rings. The number of aryl methyl sites for hydroxylation is 1. The molecule has 0 amide bonds. The van der Waals surface area contributed by atoms with Crippen molar-refractivity contribution in [3.63, 3.8) is 0 Å². The summed E-state index contributed by atoms with van der Waals surface area (Å²) in [4.78, 5) is 13.2. The van der Waals surface area contributed by atoms with Crippen LogP contribution >= 0.6 is 22.9 Å². The summed E-state index contributed by atoms with van der Waals surface area (Å²) >= 11 is 7.70. The van der Waals surface area contributed by atoms with Crippen molar-refractivity contribution in [1.82, 2.24) is 9.97 Å². The molecule has 0 spiro atoms. The highest BCUT2D eigenvalue weighted by atomic mass is 35.5. The number of thiophene rings is 1. The summed E-state index contributed by atoms with van der Waals surface area (Å²) in [7, 11) is 0. The van der Waals surface area contributed by atoms with Gasteiger partial charge in [-0.2, -0.15) is 4.98 Å². The van der Waals surface area contributed by atoms with Crippen molar-refractivity contribution in [3.05, 3.63) is 16.2 Å². The zero-order valence-electron chi connectivity index (χ0n) is 11.2. The molecule has 3 heterocycles. The maximum absolute atomic E-state index is 6.05. The van der Waals surface area contributed by atoms with Crippen LogP contribution in [0.25, 0.3) is 10.2 Å². The summed E-state index contributed by atoms with van der Waals surface area (Å²) in [6.07, 6.45) is 0. The standard InChI is InChI=1S/C13H16ClN3OS/c1-8-6-9-10(15-12(14)16-11(9)19-8)17-4-5-18-13(2,3)7-17/h6H,4-5,7H2,1-3H3. The average Bonchev–Trinajstić information content (AvgIpc) is 2.66. The van der Waals surface area contributed by atoms with Crippen LogP contribution in [0.2, 0.25) is 5.28 Å². The summed E-state index contributed by atoms with van der Waals surface area (Å²) in [6.45, 7) is 8.62. The van der Waals surface area contributed by atoms with Crippen molar-refractivity contribution < 1.29 is 4.74 Å². The van der Waals surface area contributed by atoms with Gasteiger partial charge in [-0.25, -0.2) is 4.98 Å². The van der Waals surface area contributed by atoms with Crippen molar-refractivity contribution in [3.8, 4) is 0 Å². The second-order valence-corrected chi connectivity index (χ2v) is 6.99. The van der Waals surface area contributed by atoms with E-state index in [4.69, 9.17) is 16.3 Å². The molecule has 0 aromatic carbocycles. The highest BCUT2D eigenvalue weighted by molar-refractivity contribution is 7.18. The Hall–Kier alpha value is -0.910. The molecule has 0 aliphatic carbocycles. The summed E-state index contributed by atoms with van der Waals surface area (Å²) in [5.41, 5.74) is -0.160. The molecule has 0 bridgehead atoms. The van der Waals surface area contributed by atoms with E-state index in [1.165, 1.54) is 4.88 Å². The van der Waals surface area contributed by atoms with Crippen LogP contribution in [0, 0.1) is 6.92 Å². The molecule has 6 heteroatoms. The molecule has 4 nitrogen and oxygen atoms in total. The van der Waals surface area contributed by atoms with Crippen molar-refractivity contribution in [2.75, 3.05) is 24.6 Å². The van der Waals surface area contributed by atoms with Gasteiger partial charge in [0.1, 0.15) is 10.6 Å². The van der Waals surface area contributed by atoms with E-state index in [0.29, 0.717) is 11.9 Å². The summed E-state index contributed by atoms with van der Waals surface area (Å²) in [5.74, 6) is 0.927. The Bertz CT molecular complexity index is 626. The molecule has 1 saturated heterocycles. The van der Waals surface area contributed by atoms with Crippen molar-refractivity contribution >= 4 is 39.0 Å². The molecule has 3 rings (SSSR count). The Morgan fingerprint density at radius 1 is 1.42 bits per heavy atom. The predicted octanol–water partition coefficient (Wildman–Crippen LogP) is 3.27. The zero-order valence-corrected chi connectivity index (χ0v) is 12.8. The first-order valence-electron chi connectivity index (χ1n) is 6.27. The van der Waals surface area contributed by atoms with Gasteiger partial charge in [-0.05, 0) is 38.4 Å². The monoisotopic (exact) mass is 297 g/mol. The Morgan fingerprint density at radius 2 is 2.21 bits per heavy atom. The first kappa shape index (κ1) is 13.1. The lowest BCUT2D eigenvalue weighted by molar-refractivity contribution is -0.0278. The van der Waals surface area contributed by atoms with E-state index in [9.17, 15) is 0 Å². The van der Waals surface area contributed by atoms with Crippen LogP contribution in [0.1, 0.15) is 18.7 Å². The minimum atomic E-state index is -0.160. The van der Waals surface area contributed by atoms with E-state index < -0.39 is 0 Å². The van der Waals surface area contributed by atoms with Crippen LogP contribution < -0.4 is 4.90 Å². The molecule has 1 aliphatic heterocycles. The first-order valence-corrected chi connectivity index (χ1v) is 7.47. The lowest BCUT2D eigenvalue weighted by atomic mass is 10.1. The molecule has 2 aromatic heterocycles. The van der Waals surface area contributed by atoms with Crippen molar-refractivity contribution in [2.24, 2.45) is 0 Å². The van der Waals surface area contributed by atoms with Gasteiger partial charge in [0.15, 0.2) is 0 Å². The Balaban J connectivity index is 2.08. The smallest absolute Gasteiger partial charge is 0.225 e. The van der Waals surface area contributed by atoms with Crippen LogP contribution in [0.4, 0.5) is 5.82 Å². The number of rotatable bonds is 1. The maximum Gasteiger partial charge on any atom is 0.225 e.